The van der Waals surface area contributed by atoms with E-state index in [1.165, 1.54) is 6.26 Å². The van der Waals surface area contributed by atoms with Crippen LogP contribution in [0.2, 0.25) is 0 Å². The molecule has 1 rings (SSSR count). The topological polar surface area (TPSA) is 83.9 Å². The van der Waals surface area contributed by atoms with Crippen molar-refractivity contribution >= 4 is 9.84 Å². The van der Waals surface area contributed by atoms with E-state index in [0.29, 0.717) is 12.8 Å². The van der Waals surface area contributed by atoms with Crippen molar-refractivity contribution in [1.29, 1.82) is 5.26 Å². The van der Waals surface area contributed by atoms with Crippen LogP contribution in [0, 0.1) is 11.3 Å². The fourth-order valence-electron chi connectivity index (χ4n) is 1.50. The van der Waals surface area contributed by atoms with E-state index in [9.17, 15) is 8.42 Å². The zero-order chi connectivity index (χ0) is 9.41. The summed E-state index contributed by atoms with van der Waals surface area (Å²) in [6, 6.07) is 1.96. The van der Waals surface area contributed by atoms with Gasteiger partial charge in [-0.2, -0.15) is 5.26 Å². The lowest BCUT2D eigenvalue weighted by molar-refractivity contribution is 0.554. The molecule has 0 heterocycles. The second-order valence-corrected chi connectivity index (χ2v) is 5.79. The average molecular weight is 188 g/mol. The molecule has 5 heteroatoms. The van der Waals surface area contributed by atoms with Crippen molar-refractivity contribution < 1.29 is 8.42 Å². The molecule has 2 atom stereocenters. The zero-order valence-electron chi connectivity index (χ0n) is 6.95. The lowest BCUT2D eigenvalue weighted by Crippen LogP contribution is -2.36. The highest BCUT2D eigenvalue weighted by molar-refractivity contribution is 7.91. The van der Waals surface area contributed by atoms with Gasteiger partial charge in [-0.1, -0.05) is 0 Å². The molecule has 12 heavy (non-hydrogen) atoms. The Labute approximate surface area is 72.3 Å². The van der Waals surface area contributed by atoms with E-state index in [4.69, 9.17) is 11.0 Å². The Bertz CT molecular complexity index is 317. The summed E-state index contributed by atoms with van der Waals surface area (Å²) in [5.74, 6) is 0. The van der Waals surface area contributed by atoms with Crippen LogP contribution >= 0.6 is 0 Å². The Morgan fingerprint density at radius 2 is 2.25 bits per heavy atom. The van der Waals surface area contributed by atoms with E-state index in [1.54, 1.807) is 0 Å². The van der Waals surface area contributed by atoms with Gasteiger partial charge in [0.05, 0.1) is 11.3 Å². The number of nitrogens with two attached hydrogens (primary N) is 1. The van der Waals surface area contributed by atoms with Crippen molar-refractivity contribution in [2.45, 2.75) is 30.1 Å². The summed E-state index contributed by atoms with van der Waals surface area (Å²) in [5, 5.41) is 8.22. The standard InChI is InChI=1S/C7H12N2O2S/c1-12(10,11)6-2-3-7(9,4-6)5-8/h6H,2-4,9H2,1H3/t6-,7+/m0/s1. The minimum absolute atomic E-state index is 0.280. The summed E-state index contributed by atoms with van der Waals surface area (Å²) >= 11 is 0. The normalized spacial score (nSPS) is 36.2. The Kier molecular flexibility index (Phi) is 2.15. The SMILES string of the molecule is CS(=O)(=O)[C@H]1CC[C@](N)(C#N)C1. The predicted molar refractivity (Wildman–Crippen MR) is 45.0 cm³/mol. The molecule has 4 nitrogen and oxygen atoms in total. The molecule has 1 aliphatic carbocycles. The molecular weight excluding hydrogens is 176 g/mol. The first-order valence-electron chi connectivity index (χ1n) is 3.76. The lowest BCUT2D eigenvalue weighted by Gasteiger charge is -2.12. The second-order valence-electron chi connectivity index (χ2n) is 3.46. The third-order valence-electron chi connectivity index (χ3n) is 2.33. The van der Waals surface area contributed by atoms with Gasteiger partial charge in [-0.05, 0) is 19.3 Å². The van der Waals surface area contributed by atoms with E-state index in [-0.39, 0.29) is 6.42 Å². The minimum Gasteiger partial charge on any atom is -0.313 e. The Morgan fingerprint density at radius 3 is 2.50 bits per heavy atom. The van der Waals surface area contributed by atoms with E-state index < -0.39 is 20.6 Å². The molecule has 1 saturated carbocycles. The third-order valence-corrected chi connectivity index (χ3v) is 3.95. The second kappa shape index (κ2) is 2.71. The molecule has 2 N–H and O–H groups in total. The quantitative estimate of drug-likeness (QED) is 0.618. The van der Waals surface area contributed by atoms with Crippen LogP contribution in [0.5, 0.6) is 0 Å². The molecule has 1 fully saturated rings. The van der Waals surface area contributed by atoms with E-state index >= 15 is 0 Å². The van der Waals surface area contributed by atoms with Crippen LogP contribution in [0.1, 0.15) is 19.3 Å². The lowest BCUT2D eigenvalue weighted by atomic mass is 10.0. The number of hydrogen-bond acceptors (Lipinski definition) is 4. The fraction of sp³-hybridized carbons (Fsp3) is 0.857. The molecule has 68 valence electrons. The van der Waals surface area contributed by atoms with Crippen LogP contribution < -0.4 is 5.73 Å². The maximum Gasteiger partial charge on any atom is 0.150 e. The first-order valence-corrected chi connectivity index (χ1v) is 5.72. The van der Waals surface area contributed by atoms with Crippen molar-refractivity contribution in [3.8, 4) is 6.07 Å². The van der Waals surface area contributed by atoms with E-state index in [1.807, 2.05) is 6.07 Å². The molecule has 0 spiro atoms. The highest BCUT2D eigenvalue weighted by Crippen LogP contribution is 2.31. The number of sulfone groups is 1. The first-order chi connectivity index (χ1) is 5.37. The van der Waals surface area contributed by atoms with Crippen LogP contribution in [0.3, 0.4) is 0 Å². The molecule has 0 saturated heterocycles. The smallest absolute Gasteiger partial charge is 0.150 e. The summed E-state index contributed by atoms with van der Waals surface area (Å²) in [7, 11) is -3.01. The van der Waals surface area contributed by atoms with Crippen molar-refractivity contribution in [2.24, 2.45) is 5.73 Å². The van der Waals surface area contributed by atoms with Gasteiger partial charge in [0.2, 0.25) is 0 Å². The third kappa shape index (κ3) is 1.76. The van der Waals surface area contributed by atoms with E-state index in [0.717, 1.165) is 0 Å². The Morgan fingerprint density at radius 1 is 1.67 bits per heavy atom. The largest absolute Gasteiger partial charge is 0.313 e. The van der Waals surface area contributed by atoms with Gasteiger partial charge in [-0.25, -0.2) is 8.42 Å². The molecule has 0 aliphatic heterocycles. The van der Waals surface area contributed by atoms with Gasteiger partial charge in [0.25, 0.3) is 0 Å². The predicted octanol–water partition coefficient (Wildman–Crippen LogP) is -0.195. The average Bonchev–Trinajstić information content (AvgIpc) is 2.32. The zero-order valence-corrected chi connectivity index (χ0v) is 7.76. The summed E-state index contributed by atoms with van der Waals surface area (Å²) in [4.78, 5) is 0. The molecule has 0 aromatic rings. The highest BCUT2D eigenvalue weighted by Gasteiger charge is 2.40. The first kappa shape index (κ1) is 9.49. The van der Waals surface area contributed by atoms with Crippen LogP contribution in [0.4, 0.5) is 0 Å². The van der Waals surface area contributed by atoms with Crippen molar-refractivity contribution in [3.63, 3.8) is 0 Å². The van der Waals surface area contributed by atoms with Crippen molar-refractivity contribution in [3.05, 3.63) is 0 Å². The van der Waals surface area contributed by atoms with Crippen molar-refractivity contribution in [1.82, 2.24) is 0 Å². The summed E-state index contributed by atoms with van der Waals surface area (Å²) in [5.41, 5.74) is 4.71. The summed E-state index contributed by atoms with van der Waals surface area (Å²) < 4.78 is 22.1. The number of rotatable bonds is 1. The number of nitrogens with zero attached hydrogens (tertiary/aromatic N) is 1. The Balaban J connectivity index is 2.78. The molecule has 0 radical (unpaired) electrons. The molecular formula is C7H12N2O2S. The maximum absolute atomic E-state index is 11.1. The van der Waals surface area contributed by atoms with Crippen LogP contribution in [-0.2, 0) is 9.84 Å². The fourth-order valence-corrected chi connectivity index (χ4v) is 2.64. The van der Waals surface area contributed by atoms with Crippen LogP contribution in [-0.4, -0.2) is 25.5 Å². The molecule has 1 aliphatic rings. The molecule has 0 amide bonds. The van der Waals surface area contributed by atoms with Crippen LogP contribution in [0.15, 0.2) is 0 Å². The van der Waals surface area contributed by atoms with Gasteiger partial charge in [0.1, 0.15) is 15.4 Å². The van der Waals surface area contributed by atoms with Crippen molar-refractivity contribution in [2.75, 3.05) is 6.26 Å². The summed E-state index contributed by atoms with van der Waals surface area (Å²) in [6.45, 7) is 0. The van der Waals surface area contributed by atoms with E-state index in [2.05, 4.69) is 0 Å². The minimum atomic E-state index is -3.01. The van der Waals surface area contributed by atoms with Gasteiger partial charge in [0.15, 0.2) is 0 Å². The summed E-state index contributed by atoms with van der Waals surface area (Å²) in [6.07, 6.45) is 2.48. The van der Waals surface area contributed by atoms with Gasteiger partial charge in [-0.3, -0.25) is 0 Å². The Hall–Kier alpha value is -0.600. The maximum atomic E-state index is 11.1. The van der Waals surface area contributed by atoms with Crippen LogP contribution in [0.25, 0.3) is 0 Å². The van der Waals surface area contributed by atoms with Gasteiger partial charge < -0.3 is 5.73 Å². The monoisotopic (exact) mass is 188 g/mol. The highest BCUT2D eigenvalue weighted by atomic mass is 32.2. The number of nitriles is 1. The van der Waals surface area contributed by atoms with Gasteiger partial charge in [0, 0.05) is 6.26 Å². The number of hydrogen-bond donors (Lipinski definition) is 1. The molecule has 0 bridgehead atoms. The molecule has 0 aromatic carbocycles. The van der Waals surface area contributed by atoms with Gasteiger partial charge >= 0.3 is 0 Å². The molecule has 0 aromatic heterocycles. The molecule has 0 unspecified atom stereocenters. The van der Waals surface area contributed by atoms with Gasteiger partial charge in [-0.15, -0.1) is 0 Å².